The molecular weight excluding hydrogens is 432 g/mol. The van der Waals surface area contributed by atoms with Crippen LogP contribution < -0.4 is 10.6 Å². The van der Waals surface area contributed by atoms with Crippen molar-refractivity contribution in [1.82, 2.24) is 15.2 Å². The van der Waals surface area contributed by atoms with E-state index in [0.717, 1.165) is 33.2 Å². The zero-order valence-corrected chi connectivity index (χ0v) is 16.8. The van der Waals surface area contributed by atoms with Gasteiger partial charge in [0.1, 0.15) is 12.6 Å². The number of para-hydroxylation sites is 1. The molecule has 2 aromatic carbocycles. The number of aromatic nitrogens is 1. The monoisotopic (exact) mass is 449 g/mol. The van der Waals surface area contributed by atoms with E-state index in [1.54, 1.807) is 0 Å². The molecule has 0 fully saturated rings. The Morgan fingerprint density at radius 1 is 1.14 bits per heavy atom. The minimum Gasteiger partial charge on any atom is -0.357 e. The van der Waals surface area contributed by atoms with Gasteiger partial charge in [0.05, 0.1) is 0 Å². The fourth-order valence-electron chi connectivity index (χ4n) is 3.08. The molecule has 0 radical (unpaired) electrons. The molecule has 3 rings (SSSR count). The molecule has 8 heteroatoms. The minimum absolute atomic E-state index is 0.0326. The number of halogens is 3. The van der Waals surface area contributed by atoms with Crippen LogP contribution in [-0.2, 0) is 16.1 Å². The largest absolute Gasteiger partial charge is 0.357 e. The molecule has 0 saturated carbocycles. The van der Waals surface area contributed by atoms with Crippen LogP contribution in [-0.4, -0.2) is 23.4 Å². The van der Waals surface area contributed by atoms with E-state index in [9.17, 15) is 18.4 Å². The molecule has 28 heavy (non-hydrogen) atoms. The average molecular weight is 450 g/mol. The fraction of sp³-hybridized carbons (Fsp3) is 0.200. The Kier molecular flexibility index (Phi) is 5.79. The highest BCUT2D eigenvalue weighted by Gasteiger charge is 2.24. The molecule has 0 aliphatic rings. The lowest BCUT2D eigenvalue weighted by Gasteiger charge is -2.19. The van der Waals surface area contributed by atoms with E-state index < -0.39 is 29.5 Å². The summed E-state index contributed by atoms with van der Waals surface area (Å²) in [5.74, 6) is -3.08. The maximum Gasteiger partial charge on any atom is 0.246 e. The van der Waals surface area contributed by atoms with Crippen LogP contribution in [0.15, 0.2) is 46.9 Å². The standard InChI is InChI=1S/C20H18BrF2N3O2/c1-11-18(21)13-5-3-4-6-16(13)26(11)10-17(27)25-19(20(28)24-2)12-7-8-14(22)15(23)9-12/h3-9,19H,10H2,1-2H3,(H,24,28)(H,25,27). The highest BCUT2D eigenvalue weighted by Crippen LogP contribution is 2.30. The van der Waals surface area contributed by atoms with Crippen LogP contribution in [0.2, 0.25) is 0 Å². The number of benzene rings is 2. The average Bonchev–Trinajstić information content (AvgIpc) is 2.93. The van der Waals surface area contributed by atoms with E-state index in [1.165, 1.54) is 13.1 Å². The van der Waals surface area contributed by atoms with Gasteiger partial charge in [-0.1, -0.05) is 24.3 Å². The smallest absolute Gasteiger partial charge is 0.246 e. The first-order valence-corrected chi connectivity index (χ1v) is 9.32. The van der Waals surface area contributed by atoms with Gasteiger partial charge in [-0.15, -0.1) is 0 Å². The van der Waals surface area contributed by atoms with E-state index >= 15 is 0 Å². The van der Waals surface area contributed by atoms with Gasteiger partial charge in [0.2, 0.25) is 11.8 Å². The molecule has 1 unspecified atom stereocenters. The summed E-state index contributed by atoms with van der Waals surface area (Å²) in [5, 5.41) is 6.00. The number of hydrogen-bond donors (Lipinski definition) is 2. The Bertz CT molecular complexity index is 1070. The summed E-state index contributed by atoms with van der Waals surface area (Å²) < 4.78 is 29.5. The number of hydrogen-bond acceptors (Lipinski definition) is 2. The molecule has 1 aromatic heterocycles. The summed E-state index contributed by atoms with van der Waals surface area (Å²) in [4.78, 5) is 24.9. The first-order valence-electron chi connectivity index (χ1n) is 8.52. The Labute approximate surface area is 168 Å². The highest BCUT2D eigenvalue weighted by molar-refractivity contribution is 9.10. The summed E-state index contributed by atoms with van der Waals surface area (Å²) in [6.45, 7) is 1.85. The molecule has 0 aliphatic heterocycles. The first-order chi connectivity index (χ1) is 13.3. The fourth-order valence-corrected chi connectivity index (χ4v) is 3.63. The van der Waals surface area contributed by atoms with Crippen LogP contribution in [0.5, 0.6) is 0 Å². The summed E-state index contributed by atoms with van der Waals surface area (Å²) in [7, 11) is 1.40. The van der Waals surface area contributed by atoms with Crippen molar-refractivity contribution in [3.05, 3.63) is 69.8 Å². The van der Waals surface area contributed by atoms with Crippen LogP contribution in [0.3, 0.4) is 0 Å². The molecule has 1 heterocycles. The number of amides is 2. The number of likely N-dealkylation sites (N-methyl/N-ethyl adjacent to an activating group) is 1. The molecule has 146 valence electrons. The van der Waals surface area contributed by atoms with Crippen LogP contribution in [0.4, 0.5) is 8.78 Å². The molecule has 5 nitrogen and oxygen atoms in total. The Hall–Kier alpha value is -2.74. The van der Waals surface area contributed by atoms with Crippen molar-refractivity contribution in [2.24, 2.45) is 0 Å². The zero-order valence-electron chi connectivity index (χ0n) is 15.2. The lowest BCUT2D eigenvalue weighted by molar-refractivity contribution is -0.129. The quantitative estimate of drug-likeness (QED) is 0.624. The molecule has 2 amide bonds. The van der Waals surface area contributed by atoms with Crippen molar-refractivity contribution in [2.75, 3.05) is 7.05 Å². The van der Waals surface area contributed by atoms with Gasteiger partial charge in [-0.05, 0) is 46.6 Å². The number of nitrogens with zero attached hydrogens (tertiary/aromatic N) is 1. The normalized spacial score (nSPS) is 12.0. The van der Waals surface area contributed by atoms with Gasteiger partial charge in [0.15, 0.2) is 11.6 Å². The molecule has 1 atom stereocenters. The molecule has 0 saturated heterocycles. The van der Waals surface area contributed by atoms with Gasteiger partial charge >= 0.3 is 0 Å². The van der Waals surface area contributed by atoms with Gasteiger partial charge in [0.25, 0.3) is 0 Å². The third-order valence-electron chi connectivity index (χ3n) is 4.55. The number of rotatable bonds is 5. The lowest BCUT2D eigenvalue weighted by atomic mass is 10.1. The van der Waals surface area contributed by atoms with Crippen LogP contribution >= 0.6 is 15.9 Å². The summed E-state index contributed by atoms with van der Waals surface area (Å²) >= 11 is 3.53. The molecule has 0 aliphatic carbocycles. The van der Waals surface area contributed by atoms with E-state index in [4.69, 9.17) is 0 Å². The van der Waals surface area contributed by atoms with Crippen molar-refractivity contribution < 1.29 is 18.4 Å². The zero-order chi connectivity index (χ0) is 20.4. The lowest BCUT2D eigenvalue weighted by Crippen LogP contribution is -2.40. The predicted octanol–water partition coefficient (Wildman–Crippen LogP) is 3.59. The molecule has 0 bridgehead atoms. The third-order valence-corrected chi connectivity index (χ3v) is 5.55. The number of nitrogens with one attached hydrogen (secondary N) is 2. The first kappa shape index (κ1) is 20.0. The second-order valence-electron chi connectivity index (χ2n) is 6.29. The minimum atomic E-state index is -1.14. The third kappa shape index (κ3) is 3.77. The molecule has 0 spiro atoms. The molecule has 2 N–H and O–H groups in total. The summed E-state index contributed by atoms with van der Waals surface area (Å²) in [6.07, 6.45) is 0. The molecular formula is C20H18BrF2N3O2. The SMILES string of the molecule is CNC(=O)C(NC(=O)Cn1c(C)c(Br)c2ccccc21)c1ccc(F)c(F)c1. The molecule has 3 aromatic rings. The van der Waals surface area contributed by atoms with Crippen molar-refractivity contribution in [1.29, 1.82) is 0 Å². The van der Waals surface area contributed by atoms with Crippen molar-refractivity contribution in [3.8, 4) is 0 Å². The van der Waals surface area contributed by atoms with Gasteiger partial charge in [-0.2, -0.15) is 0 Å². The van der Waals surface area contributed by atoms with E-state index in [2.05, 4.69) is 26.6 Å². The number of fused-ring (bicyclic) bond motifs is 1. The maximum atomic E-state index is 13.6. The van der Waals surface area contributed by atoms with Gasteiger partial charge in [0, 0.05) is 28.1 Å². The van der Waals surface area contributed by atoms with Gasteiger partial charge in [-0.25, -0.2) is 8.78 Å². The highest BCUT2D eigenvalue weighted by atomic mass is 79.9. The number of carbonyl (C=O) groups is 2. The Balaban J connectivity index is 1.88. The van der Waals surface area contributed by atoms with Crippen molar-refractivity contribution >= 4 is 38.6 Å². The summed E-state index contributed by atoms with van der Waals surface area (Å²) in [6, 6.07) is 9.57. The van der Waals surface area contributed by atoms with Crippen LogP contribution in [0, 0.1) is 18.6 Å². The van der Waals surface area contributed by atoms with E-state index in [1.807, 2.05) is 35.8 Å². The number of carbonyl (C=O) groups excluding carboxylic acids is 2. The van der Waals surface area contributed by atoms with Crippen molar-refractivity contribution in [3.63, 3.8) is 0 Å². The Morgan fingerprint density at radius 2 is 1.86 bits per heavy atom. The van der Waals surface area contributed by atoms with Crippen LogP contribution in [0.1, 0.15) is 17.3 Å². The second-order valence-corrected chi connectivity index (χ2v) is 7.08. The van der Waals surface area contributed by atoms with Gasteiger partial charge in [-0.3, -0.25) is 9.59 Å². The van der Waals surface area contributed by atoms with Crippen molar-refractivity contribution in [2.45, 2.75) is 19.5 Å². The van der Waals surface area contributed by atoms with E-state index in [0.29, 0.717) is 0 Å². The Morgan fingerprint density at radius 3 is 2.54 bits per heavy atom. The maximum absolute atomic E-state index is 13.6. The predicted molar refractivity (Wildman–Crippen MR) is 106 cm³/mol. The summed E-state index contributed by atoms with van der Waals surface area (Å²) in [5.41, 5.74) is 1.88. The van der Waals surface area contributed by atoms with Crippen LogP contribution in [0.25, 0.3) is 10.9 Å². The van der Waals surface area contributed by atoms with Gasteiger partial charge < -0.3 is 15.2 Å². The second kappa shape index (κ2) is 8.10. The topological polar surface area (TPSA) is 63.1 Å². The van der Waals surface area contributed by atoms with E-state index in [-0.39, 0.29) is 12.1 Å².